The zero-order valence-corrected chi connectivity index (χ0v) is 11.8. The molecule has 3 heteroatoms. The Hall–Kier alpha value is -1.51. The Kier molecular flexibility index (Phi) is 4.83. The number of carbonyl (C=O) groups excluding carboxylic acids is 1. The Morgan fingerprint density at radius 1 is 1.37 bits per heavy atom. The predicted molar refractivity (Wildman–Crippen MR) is 75.8 cm³/mol. The van der Waals surface area contributed by atoms with Crippen molar-refractivity contribution in [3.63, 3.8) is 0 Å². The van der Waals surface area contributed by atoms with E-state index in [4.69, 9.17) is 4.74 Å². The molecule has 0 saturated heterocycles. The molecule has 0 radical (unpaired) electrons. The van der Waals surface area contributed by atoms with Gasteiger partial charge >= 0.3 is 6.09 Å². The summed E-state index contributed by atoms with van der Waals surface area (Å²) in [5.41, 5.74) is 1.03. The SMILES string of the molecule is CCN(C(=O)OCc1ccccc1)C(C)C1CCC1. The Bertz CT molecular complexity index is 400. The minimum atomic E-state index is -0.189. The molecule has 1 aromatic rings. The third-order valence-electron chi connectivity index (χ3n) is 4.10. The summed E-state index contributed by atoms with van der Waals surface area (Å²) in [5.74, 6) is 0.657. The number of benzene rings is 1. The van der Waals surface area contributed by atoms with Gasteiger partial charge in [-0.05, 0) is 38.2 Å². The first-order valence-corrected chi connectivity index (χ1v) is 7.19. The molecule has 2 rings (SSSR count). The molecule has 0 aromatic heterocycles. The first-order valence-electron chi connectivity index (χ1n) is 7.19. The molecule has 3 nitrogen and oxygen atoms in total. The van der Waals surface area contributed by atoms with Gasteiger partial charge in [-0.15, -0.1) is 0 Å². The maximum atomic E-state index is 12.1. The van der Waals surface area contributed by atoms with Crippen LogP contribution in [0.3, 0.4) is 0 Å². The van der Waals surface area contributed by atoms with Crippen LogP contribution < -0.4 is 0 Å². The summed E-state index contributed by atoms with van der Waals surface area (Å²) < 4.78 is 5.41. The Morgan fingerprint density at radius 3 is 2.58 bits per heavy atom. The minimum Gasteiger partial charge on any atom is -0.445 e. The van der Waals surface area contributed by atoms with Crippen LogP contribution in [0.1, 0.15) is 38.7 Å². The Morgan fingerprint density at radius 2 is 2.05 bits per heavy atom. The molecule has 0 heterocycles. The van der Waals surface area contributed by atoms with Crippen LogP contribution in [0.2, 0.25) is 0 Å². The summed E-state index contributed by atoms with van der Waals surface area (Å²) in [5, 5.41) is 0. The van der Waals surface area contributed by atoms with E-state index in [1.54, 1.807) is 0 Å². The highest BCUT2D eigenvalue weighted by Crippen LogP contribution is 2.32. The lowest BCUT2D eigenvalue weighted by atomic mass is 9.80. The van der Waals surface area contributed by atoms with Crippen molar-refractivity contribution in [1.29, 1.82) is 0 Å². The molecule has 1 aliphatic carbocycles. The molecule has 1 aliphatic rings. The Labute approximate surface area is 115 Å². The van der Waals surface area contributed by atoms with E-state index < -0.39 is 0 Å². The average molecular weight is 261 g/mol. The van der Waals surface area contributed by atoms with Crippen LogP contribution in [0.4, 0.5) is 4.79 Å². The van der Waals surface area contributed by atoms with Gasteiger partial charge < -0.3 is 9.64 Å². The summed E-state index contributed by atoms with van der Waals surface area (Å²) in [6.07, 6.45) is 3.59. The average Bonchev–Trinajstić information content (AvgIpc) is 2.36. The van der Waals surface area contributed by atoms with Crippen LogP contribution in [0.15, 0.2) is 30.3 Å². The fourth-order valence-electron chi connectivity index (χ4n) is 2.56. The van der Waals surface area contributed by atoms with Crippen LogP contribution in [0.5, 0.6) is 0 Å². The highest BCUT2D eigenvalue weighted by molar-refractivity contribution is 5.68. The maximum absolute atomic E-state index is 12.1. The molecular weight excluding hydrogens is 238 g/mol. The number of rotatable bonds is 5. The number of nitrogens with zero attached hydrogens (tertiary/aromatic N) is 1. The fraction of sp³-hybridized carbons (Fsp3) is 0.562. The zero-order chi connectivity index (χ0) is 13.7. The third kappa shape index (κ3) is 3.49. The van der Waals surface area contributed by atoms with Crippen LogP contribution in [-0.2, 0) is 11.3 Å². The van der Waals surface area contributed by atoms with Crippen molar-refractivity contribution in [3.05, 3.63) is 35.9 Å². The normalized spacial score (nSPS) is 16.5. The summed E-state index contributed by atoms with van der Waals surface area (Å²) >= 11 is 0. The fourth-order valence-corrected chi connectivity index (χ4v) is 2.56. The van der Waals surface area contributed by atoms with E-state index in [9.17, 15) is 4.79 Å². The molecule has 0 spiro atoms. The van der Waals surface area contributed by atoms with E-state index >= 15 is 0 Å². The topological polar surface area (TPSA) is 29.5 Å². The number of ether oxygens (including phenoxy) is 1. The van der Waals surface area contributed by atoms with E-state index in [0.717, 1.165) is 5.56 Å². The van der Waals surface area contributed by atoms with Crippen molar-refractivity contribution in [1.82, 2.24) is 4.90 Å². The second kappa shape index (κ2) is 6.60. The van der Waals surface area contributed by atoms with E-state index in [1.165, 1.54) is 19.3 Å². The summed E-state index contributed by atoms with van der Waals surface area (Å²) in [7, 11) is 0. The molecule has 19 heavy (non-hydrogen) atoms. The standard InChI is InChI=1S/C16H23NO2/c1-3-17(13(2)15-10-7-11-15)16(18)19-12-14-8-5-4-6-9-14/h4-6,8-9,13,15H,3,7,10-12H2,1-2H3. The van der Waals surface area contributed by atoms with Crippen molar-refractivity contribution in [2.45, 2.75) is 45.8 Å². The lowest BCUT2D eigenvalue weighted by Crippen LogP contribution is -2.44. The highest BCUT2D eigenvalue weighted by Gasteiger charge is 2.30. The molecular formula is C16H23NO2. The van der Waals surface area contributed by atoms with Gasteiger partial charge in [0, 0.05) is 12.6 Å². The van der Waals surface area contributed by atoms with Gasteiger partial charge in [0.25, 0.3) is 0 Å². The molecule has 1 aromatic carbocycles. The lowest BCUT2D eigenvalue weighted by molar-refractivity contribution is 0.0606. The summed E-state index contributed by atoms with van der Waals surface area (Å²) in [6, 6.07) is 10.1. The van der Waals surface area contributed by atoms with Gasteiger partial charge in [0.15, 0.2) is 0 Å². The van der Waals surface area contributed by atoms with Crippen molar-refractivity contribution in [2.75, 3.05) is 6.54 Å². The van der Waals surface area contributed by atoms with Crippen molar-refractivity contribution >= 4 is 6.09 Å². The number of carbonyl (C=O) groups is 1. The molecule has 1 fully saturated rings. The number of hydrogen-bond donors (Lipinski definition) is 0. The molecule has 1 unspecified atom stereocenters. The third-order valence-corrected chi connectivity index (χ3v) is 4.10. The van der Waals surface area contributed by atoms with Crippen LogP contribution in [-0.4, -0.2) is 23.6 Å². The molecule has 1 amide bonds. The van der Waals surface area contributed by atoms with E-state index in [2.05, 4.69) is 6.92 Å². The van der Waals surface area contributed by atoms with Crippen LogP contribution >= 0.6 is 0 Å². The monoisotopic (exact) mass is 261 g/mol. The van der Waals surface area contributed by atoms with Gasteiger partial charge in [0.2, 0.25) is 0 Å². The van der Waals surface area contributed by atoms with Crippen molar-refractivity contribution in [3.8, 4) is 0 Å². The zero-order valence-electron chi connectivity index (χ0n) is 11.8. The smallest absolute Gasteiger partial charge is 0.410 e. The quantitative estimate of drug-likeness (QED) is 0.806. The lowest BCUT2D eigenvalue weighted by Gasteiger charge is -2.38. The van der Waals surface area contributed by atoms with E-state index in [-0.39, 0.29) is 6.09 Å². The second-order valence-electron chi connectivity index (χ2n) is 5.26. The van der Waals surface area contributed by atoms with E-state index in [1.807, 2.05) is 42.2 Å². The molecule has 0 N–H and O–H groups in total. The van der Waals surface area contributed by atoms with Gasteiger partial charge in [-0.3, -0.25) is 0 Å². The maximum Gasteiger partial charge on any atom is 0.410 e. The predicted octanol–water partition coefficient (Wildman–Crippen LogP) is 3.83. The van der Waals surface area contributed by atoms with Gasteiger partial charge in [-0.2, -0.15) is 0 Å². The van der Waals surface area contributed by atoms with Crippen LogP contribution in [0.25, 0.3) is 0 Å². The van der Waals surface area contributed by atoms with Gasteiger partial charge in [0.1, 0.15) is 6.61 Å². The minimum absolute atomic E-state index is 0.189. The van der Waals surface area contributed by atoms with Gasteiger partial charge in [0.05, 0.1) is 0 Å². The van der Waals surface area contributed by atoms with Crippen molar-refractivity contribution < 1.29 is 9.53 Å². The summed E-state index contributed by atoms with van der Waals surface area (Å²) in [4.78, 5) is 14.0. The molecule has 0 bridgehead atoms. The van der Waals surface area contributed by atoms with Crippen molar-refractivity contribution in [2.24, 2.45) is 5.92 Å². The Balaban J connectivity index is 1.86. The second-order valence-corrected chi connectivity index (χ2v) is 5.26. The molecule has 1 atom stereocenters. The first kappa shape index (κ1) is 13.9. The molecule has 104 valence electrons. The largest absolute Gasteiger partial charge is 0.445 e. The number of amides is 1. The summed E-state index contributed by atoms with van der Waals surface area (Å²) in [6.45, 7) is 5.22. The first-order chi connectivity index (χ1) is 9.22. The molecule has 1 saturated carbocycles. The number of hydrogen-bond acceptors (Lipinski definition) is 2. The van der Waals surface area contributed by atoms with E-state index in [0.29, 0.717) is 25.1 Å². The van der Waals surface area contributed by atoms with Gasteiger partial charge in [-0.25, -0.2) is 4.79 Å². The highest BCUT2D eigenvalue weighted by atomic mass is 16.6. The van der Waals surface area contributed by atoms with Gasteiger partial charge in [-0.1, -0.05) is 36.8 Å². The van der Waals surface area contributed by atoms with Crippen LogP contribution in [0, 0.1) is 5.92 Å². The molecule has 0 aliphatic heterocycles.